The van der Waals surface area contributed by atoms with E-state index in [1.807, 2.05) is 6.07 Å². The van der Waals surface area contributed by atoms with E-state index in [0.717, 1.165) is 12.1 Å². The van der Waals surface area contributed by atoms with Crippen molar-refractivity contribution in [1.29, 1.82) is 5.26 Å². The third-order valence-electron chi connectivity index (χ3n) is 1.91. The maximum atomic E-state index is 12.8. The molecule has 1 rings (SSSR count). The van der Waals surface area contributed by atoms with Gasteiger partial charge in [0.25, 0.3) is 0 Å². The Hall–Kier alpha value is -1.96. The van der Waals surface area contributed by atoms with Gasteiger partial charge in [-0.2, -0.15) is 5.26 Å². The van der Waals surface area contributed by atoms with Crippen molar-refractivity contribution >= 4 is 5.91 Å². The maximum absolute atomic E-state index is 12.8. The number of nitrogens with one attached hydrogen (secondary N) is 1. The van der Waals surface area contributed by atoms with Gasteiger partial charge in [0.2, 0.25) is 5.91 Å². The van der Waals surface area contributed by atoms with E-state index in [2.05, 4.69) is 5.32 Å². The molecule has 0 bridgehead atoms. The van der Waals surface area contributed by atoms with Crippen molar-refractivity contribution in [2.75, 3.05) is 6.54 Å². The molecule has 0 fully saturated rings. The number of hydrogen-bond acceptors (Lipinski definition) is 2. The Morgan fingerprint density at radius 3 is 2.75 bits per heavy atom. The number of nitrogens with zero attached hydrogens (tertiary/aromatic N) is 1. The Balaban J connectivity index is 2.50. The summed E-state index contributed by atoms with van der Waals surface area (Å²) < 4.78 is 25.4. The number of halogens is 2. The van der Waals surface area contributed by atoms with Crippen molar-refractivity contribution in [1.82, 2.24) is 5.32 Å². The highest BCUT2D eigenvalue weighted by Crippen LogP contribution is 2.08. The lowest BCUT2D eigenvalue weighted by Crippen LogP contribution is -2.25. The molecule has 5 heteroatoms. The zero-order valence-corrected chi connectivity index (χ0v) is 8.46. The zero-order valence-electron chi connectivity index (χ0n) is 8.46. The van der Waals surface area contributed by atoms with Crippen molar-refractivity contribution in [3.05, 3.63) is 35.4 Å². The fraction of sp³-hybridized carbons (Fsp3) is 0.273. The number of benzene rings is 1. The number of amides is 1. The molecule has 3 nitrogen and oxygen atoms in total. The van der Waals surface area contributed by atoms with E-state index >= 15 is 0 Å². The molecule has 0 aliphatic heterocycles. The minimum Gasteiger partial charge on any atom is -0.355 e. The van der Waals surface area contributed by atoms with Gasteiger partial charge in [-0.1, -0.05) is 6.07 Å². The Labute approximate surface area is 91.7 Å². The van der Waals surface area contributed by atoms with Gasteiger partial charge in [0.1, 0.15) is 0 Å². The first-order valence-corrected chi connectivity index (χ1v) is 4.71. The van der Waals surface area contributed by atoms with Gasteiger partial charge in [-0.25, -0.2) is 8.78 Å². The van der Waals surface area contributed by atoms with E-state index in [1.54, 1.807) is 0 Å². The van der Waals surface area contributed by atoms with Crippen molar-refractivity contribution in [2.45, 2.75) is 12.8 Å². The summed E-state index contributed by atoms with van der Waals surface area (Å²) >= 11 is 0. The topological polar surface area (TPSA) is 52.9 Å². The molecule has 0 heterocycles. The molecule has 1 N–H and O–H groups in total. The highest BCUT2D eigenvalue weighted by Gasteiger charge is 2.06. The average Bonchev–Trinajstić information content (AvgIpc) is 2.24. The maximum Gasteiger partial charge on any atom is 0.224 e. The molecule has 1 aromatic rings. The van der Waals surface area contributed by atoms with Gasteiger partial charge < -0.3 is 5.32 Å². The van der Waals surface area contributed by atoms with Gasteiger partial charge in [-0.05, 0) is 17.7 Å². The predicted octanol–water partition coefficient (Wildman–Crippen LogP) is 1.54. The van der Waals surface area contributed by atoms with Crippen LogP contribution in [0.3, 0.4) is 0 Å². The monoisotopic (exact) mass is 224 g/mol. The summed E-state index contributed by atoms with van der Waals surface area (Å²) in [4.78, 5) is 11.2. The van der Waals surface area contributed by atoms with E-state index < -0.39 is 11.6 Å². The van der Waals surface area contributed by atoms with Crippen LogP contribution in [0.15, 0.2) is 18.2 Å². The normalized spacial score (nSPS) is 9.56. The first-order valence-electron chi connectivity index (χ1n) is 4.71. The molecule has 1 aromatic carbocycles. The molecule has 0 unspecified atom stereocenters. The van der Waals surface area contributed by atoms with Crippen LogP contribution in [-0.4, -0.2) is 12.5 Å². The van der Waals surface area contributed by atoms with Crippen molar-refractivity contribution in [3.63, 3.8) is 0 Å². The van der Waals surface area contributed by atoms with Crippen molar-refractivity contribution in [3.8, 4) is 6.07 Å². The van der Waals surface area contributed by atoms with E-state index in [1.165, 1.54) is 6.07 Å². The van der Waals surface area contributed by atoms with Crippen LogP contribution in [0.1, 0.15) is 12.0 Å². The fourth-order valence-electron chi connectivity index (χ4n) is 1.16. The fourth-order valence-corrected chi connectivity index (χ4v) is 1.16. The molecular weight excluding hydrogens is 214 g/mol. The molecule has 0 aromatic heterocycles. The molecule has 0 atom stereocenters. The van der Waals surface area contributed by atoms with Crippen LogP contribution in [0, 0.1) is 23.0 Å². The third kappa shape index (κ3) is 3.65. The second kappa shape index (κ2) is 5.81. The molecule has 16 heavy (non-hydrogen) atoms. The molecule has 0 aliphatic carbocycles. The zero-order chi connectivity index (χ0) is 12.0. The Morgan fingerprint density at radius 2 is 2.12 bits per heavy atom. The number of carbonyl (C=O) groups excluding carboxylic acids is 1. The second-order valence-electron chi connectivity index (χ2n) is 3.18. The number of hydrogen-bond donors (Lipinski definition) is 1. The number of carbonyl (C=O) groups is 1. The van der Waals surface area contributed by atoms with Gasteiger partial charge in [0.05, 0.1) is 18.9 Å². The van der Waals surface area contributed by atoms with Crippen LogP contribution in [-0.2, 0) is 11.2 Å². The van der Waals surface area contributed by atoms with Gasteiger partial charge in [0, 0.05) is 6.54 Å². The van der Waals surface area contributed by atoms with Gasteiger partial charge in [0.15, 0.2) is 11.6 Å². The number of rotatable bonds is 4. The molecule has 1 amide bonds. The van der Waals surface area contributed by atoms with E-state index in [4.69, 9.17) is 5.26 Å². The molecule has 0 radical (unpaired) electrons. The van der Waals surface area contributed by atoms with E-state index in [-0.39, 0.29) is 25.3 Å². The molecular formula is C11H10F2N2O. The van der Waals surface area contributed by atoms with Gasteiger partial charge in [-0.15, -0.1) is 0 Å². The van der Waals surface area contributed by atoms with Gasteiger partial charge in [-0.3, -0.25) is 4.79 Å². The van der Waals surface area contributed by atoms with Crippen molar-refractivity contribution in [2.24, 2.45) is 0 Å². The minimum absolute atomic E-state index is 0.0252. The van der Waals surface area contributed by atoms with Gasteiger partial charge >= 0.3 is 0 Å². The van der Waals surface area contributed by atoms with Crippen LogP contribution >= 0.6 is 0 Å². The Morgan fingerprint density at radius 1 is 1.38 bits per heavy atom. The first kappa shape index (κ1) is 12.1. The van der Waals surface area contributed by atoms with Crippen LogP contribution < -0.4 is 5.32 Å². The first-order chi connectivity index (χ1) is 7.63. The third-order valence-corrected chi connectivity index (χ3v) is 1.91. The SMILES string of the molecule is N#CCCNC(=O)Cc1ccc(F)c(F)c1. The lowest BCUT2D eigenvalue weighted by Gasteiger charge is -2.03. The lowest BCUT2D eigenvalue weighted by molar-refractivity contribution is -0.120. The molecule has 84 valence electrons. The van der Waals surface area contributed by atoms with Crippen LogP contribution in [0.4, 0.5) is 8.78 Å². The smallest absolute Gasteiger partial charge is 0.224 e. The second-order valence-corrected chi connectivity index (χ2v) is 3.18. The summed E-state index contributed by atoms with van der Waals surface area (Å²) in [6, 6.07) is 5.19. The number of nitriles is 1. The van der Waals surface area contributed by atoms with E-state index in [9.17, 15) is 13.6 Å². The average molecular weight is 224 g/mol. The highest BCUT2D eigenvalue weighted by atomic mass is 19.2. The molecule has 0 aliphatic rings. The quantitative estimate of drug-likeness (QED) is 0.788. The summed E-state index contributed by atoms with van der Waals surface area (Å²) in [5.41, 5.74) is 0.397. The van der Waals surface area contributed by atoms with E-state index in [0.29, 0.717) is 5.56 Å². The largest absolute Gasteiger partial charge is 0.355 e. The summed E-state index contributed by atoms with van der Waals surface area (Å²) in [7, 11) is 0. The summed E-state index contributed by atoms with van der Waals surface area (Å²) in [6.07, 6.45) is 0.201. The van der Waals surface area contributed by atoms with Crippen molar-refractivity contribution < 1.29 is 13.6 Å². The lowest BCUT2D eigenvalue weighted by atomic mass is 10.1. The van der Waals surface area contributed by atoms with Crippen LogP contribution in [0.2, 0.25) is 0 Å². The summed E-state index contributed by atoms with van der Waals surface area (Å²) in [5.74, 6) is -2.22. The molecule has 0 saturated carbocycles. The summed E-state index contributed by atoms with van der Waals surface area (Å²) in [5, 5.41) is 10.7. The Bertz CT molecular complexity index is 426. The minimum atomic E-state index is -0.970. The van der Waals surface area contributed by atoms with Crippen LogP contribution in [0.5, 0.6) is 0 Å². The predicted molar refractivity (Wildman–Crippen MR) is 53.3 cm³/mol. The standard InChI is InChI=1S/C11H10F2N2O/c12-9-3-2-8(6-10(9)13)7-11(16)15-5-1-4-14/h2-3,6H,1,5,7H2,(H,15,16). The summed E-state index contributed by atoms with van der Waals surface area (Å²) in [6.45, 7) is 0.263. The highest BCUT2D eigenvalue weighted by molar-refractivity contribution is 5.78. The van der Waals surface area contributed by atoms with Crippen LogP contribution in [0.25, 0.3) is 0 Å². The molecule has 0 spiro atoms. The Kier molecular flexibility index (Phi) is 4.40. The molecule has 0 saturated heterocycles.